The lowest BCUT2D eigenvalue weighted by atomic mass is 10.0. The van der Waals surface area contributed by atoms with Gasteiger partial charge < -0.3 is 20.1 Å². The van der Waals surface area contributed by atoms with Gasteiger partial charge in [0.25, 0.3) is 0 Å². The molecule has 2 heterocycles. The number of hydrogen-bond acceptors (Lipinski definition) is 4. The van der Waals surface area contributed by atoms with E-state index in [0.717, 1.165) is 17.9 Å². The lowest BCUT2D eigenvalue weighted by molar-refractivity contribution is -0.913. The van der Waals surface area contributed by atoms with Crippen molar-refractivity contribution in [1.29, 1.82) is 0 Å². The van der Waals surface area contributed by atoms with Crippen LogP contribution in [0.3, 0.4) is 0 Å². The molecule has 1 unspecified atom stereocenters. The Labute approximate surface area is 122 Å². The molecule has 1 amide bonds. The molecule has 0 aliphatic carbocycles. The second-order valence-electron chi connectivity index (χ2n) is 4.73. The van der Waals surface area contributed by atoms with Crippen molar-refractivity contribution in [1.82, 2.24) is 0 Å². The van der Waals surface area contributed by atoms with E-state index in [1.807, 2.05) is 6.92 Å². The van der Waals surface area contributed by atoms with Crippen molar-refractivity contribution >= 4 is 28.2 Å². The van der Waals surface area contributed by atoms with E-state index in [0.29, 0.717) is 30.0 Å². The summed E-state index contributed by atoms with van der Waals surface area (Å²) in [5.74, 6) is -3.74. The van der Waals surface area contributed by atoms with Crippen molar-refractivity contribution in [2.24, 2.45) is 0 Å². The molecule has 0 aromatic carbocycles. The molecule has 9 heteroatoms. The molecule has 0 radical (unpaired) electrons. The molecule has 0 bridgehead atoms. The molecule has 21 heavy (non-hydrogen) atoms. The van der Waals surface area contributed by atoms with E-state index < -0.39 is 18.1 Å². The van der Waals surface area contributed by atoms with Crippen LogP contribution in [0.4, 0.5) is 18.2 Å². The molecule has 1 aromatic rings. The molecule has 1 atom stereocenters. The minimum atomic E-state index is -5.06. The number of alkyl halides is 3. The Bertz CT molecular complexity index is 583. The van der Waals surface area contributed by atoms with E-state index in [1.165, 1.54) is 4.90 Å². The number of nitrogens with one attached hydrogen (secondary N) is 2. The van der Waals surface area contributed by atoms with Crippen molar-refractivity contribution in [3.8, 4) is 0 Å². The number of carbonyl (C=O) groups excluding carboxylic acids is 2. The summed E-state index contributed by atoms with van der Waals surface area (Å²) in [5, 5.41) is 12.5. The maximum absolute atomic E-state index is 12.3. The molecule has 1 aliphatic rings. The Morgan fingerprint density at radius 3 is 2.62 bits per heavy atom. The molecule has 0 saturated heterocycles. The number of fused-ring (bicyclic) bond motifs is 1. The van der Waals surface area contributed by atoms with Gasteiger partial charge in [0.15, 0.2) is 0 Å². The van der Waals surface area contributed by atoms with E-state index in [4.69, 9.17) is 0 Å². The van der Waals surface area contributed by atoms with E-state index in [2.05, 4.69) is 0 Å². The van der Waals surface area contributed by atoms with Crippen LogP contribution in [0.25, 0.3) is 0 Å². The monoisotopic (exact) mass is 322 g/mol. The number of carboxylic acid groups (broad SMARTS) is 1. The van der Waals surface area contributed by atoms with Crippen molar-refractivity contribution in [3.05, 3.63) is 16.0 Å². The van der Waals surface area contributed by atoms with Crippen LogP contribution in [0.2, 0.25) is 0 Å². The van der Waals surface area contributed by atoms with Crippen LogP contribution in [0.1, 0.15) is 27.7 Å². The largest absolute Gasteiger partial charge is 0.545 e. The number of aromatic carboxylic acids is 1. The lowest BCUT2D eigenvalue weighted by Gasteiger charge is -2.23. The molecule has 0 fully saturated rings. The number of quaternary nitrogens is 1. The van der Waals surface area contributed by atoms with Crippen LogP contribution < -0.4 is 15.3 Å². The quantitative estimate of drug-likeness (QED) is 0.793. The number of rotatable bonds is 3. The molecule has 5 nitrogen and oxygen atoms in total. The van der Waals surface area contributed by atoms with Crippen LogP contribution in [-0.4, -0.2) is 31.1 Å². The Morgan fingerprint density at radius 2 is 2.10 bits per heavy atom. The number of halogens is 3. The van der Waals surface area contributed by atoms with Crippen LogP contribution in [0.15, 0.2) is 0 Å². The fourth-order valence-electron chi connectivity index (χ4n) is 2.32. The number of likely N-dealkylation sites (N-methyl/N-ethyl adjacent to an activating group) is 1. The van der Waals surface area contributed by atoms with Gasteiger partial charge in [0.1, 0.15) is 11.5 Å². The maximum Gasteiger partial charge on any atom is 0.471 e. The summed E-state index contributed by atoms with van der Waals surface area (Å²) >= 11 is 0.880. The predicted molar refractivity (Wildman–Crippen MR) is 67.1 cm³/mol. The first-order valence-corrected chi connectivity index (χ1v) is 7.13. The van der Waals surface area contributed by atoms with Gasteiger partial charge in [0, 0.05) is 12.0 Å². The number of thiophene rings is 1. The highest BCUT2D eigenvalue weighted by Gasteiger charge is 2.40. The van der Waals surface area contributed by atoms with Gasteiger partial charge >= 0.3 is 12.1 Å². The molecule has 2 N–H and O–H groups in total. The normalized spacial score (nSPS) is 18.2. The van der Waals surface area contributed by atoms with E-state index in [-0.39, 0.29) is 10.6 Å². The molecule has 1 aliphatic heterocycles. The van der Waals surface area contributed by atoms with Crippen molar-refractivity contribution in [2.45, 2.75) is 26.1 Å². The third kappa shape index (κ3) is 3.18. The summed E-state index contributed by atoms with van der Waals surface area (Å²) in [6, 6.07) is 0. The van der Waals surface area contributed by atoms with Gasteiger partial charge in [-0.05, 0) is 12.5 Å². The summed E-state index contributed by atoms with van der Waals surface area (Å²) in [6.07, 6.45) is -4.62. The Morgan fingerprint density at radius 1 is 1.43 bits per heavy atom. The first-order chi connectivity index (χ1) is 9.74. The molecule has 1 aromatic heterocycles. The highest BCUT2D eigenvalue weighted by molar-refractivity contribution is 7.16. The number of anilines is 1. The van der Waals surface area contributed by atoms with Crippen LogP contribution in [0.5, 0.6) is 0 Å². The standard InChI is InChI=1S/C12H13F3N2O3S/c1-2-17-4-3-6-7(5-17)21-9(8(6)10(18)19)16-11(20)12(13,14)15/h2-5H2,1H3,(H,16,20)(H,18,19). The fraction of sp³-hybridized carbons (Fsp3) is 0.500. The number of carbonyl (C=O) groups is 2. The van der Waals surface area contributed by atoms with Crippen molar-refractivity contribution in [2.75, 3.05) is 18.4 Å². The van der Waals surface area contributed by atoms with Gasteiger partial charge in [0.05, 0.1) is 23.9 Å². The Kier molecular flexibility index (Phi) is 4.24. The van der Waals surface area contributed by atoms with Crippen LogP contribution >= 0.6 is 11.3 Å². The van der Waals surface area contributed by atoms with Gasteiger partial charge in [-0.2, -0.15) is 13.2 Å². The number of hydrogen-bond donors (Lipinski definition) is 2. The maximum atomic E-state index is 12.3. The Balaban J connectivity index is 2.36. The zero-order valence-electron chi connectivity index (χ0n) is 11.1. The summed E-state index contributed by atoms with van der Waals surface area (Å²) in [4.78, 5) is 24.1. The second kappa shape index (κ2) is 5.64. The summed E-state index contributed by atoms with van der Waals surface area (Å²) in [7, 11) is 0. The smallest absolute Gasteiger partial charge is 0.471 e. The first kappa shape index (κ1) is 15.8. The van der Waals surface area contributed by atoms with Crippen LogP contribution in [0, 0.1) is 0 Å². The molecular formula is C12H13F3N2O3S. The zero-order valence-corrected chi connectivity index (χ0v) is 11.9. The lowest BCUT2D eigenvalue weighted by Crippen LogP contribution is -3.11. The van der Waals surface area contributed by atoms with Gasteiger partial charge in [-0.3, -0.25) is 4.79 Å². The van der Waals surface area contributed by atoms with Crippen LogP contribution in [-0.2, 0) is 17.8 Å². The van der Waals surface area contributed by atoms with Gasteiger partial charge in [0.2, 0.25) is 0 Å². The average molecular weight is 322 g/mol. The molecule has 116 valence electrons. The van der Waals surface area contributed by atoms with E-state index in [9.17, 15) is 27.9 Å². The number of carboxylic acids is 1. The van der Waals surface area contributed by atoms with Gasteiger partial charge in [-0.15, -0.1) is 11.3 Å². The van der Waals surface area contributed by atoms with E-state index in [1.54, 1.807) is 5.32 Å². The number of amides is 1. The third-order valence-electron chi connectivity index (χ3n) is 3.42. The third-order valence-corrected chi connectivity index (χ3v) is 4.57. The minimum absolute atomic E-state index is 0.292. The van der Waals surface area contributed by atoms with Crippen molar-refractivity contribution in [3.63, 3.8) is 0 Å². The summed E-state index contributed by atoms with van der Waals surface area (Å²) < 4.78 is 36.9. The average Bonchev–Trinajstić information content (AvgIpc) is 2.74. The predicted octanol–water partition coefficient (Wildman–Crippen LogP) is -0.427. The topological polar surface area (TPSA) is 73.7 Å². The Hall–Kier alpha value is -1.61. The molecule has 0 spiro atoms. The second-order valence-corrected chi connectivity index (χ2v) is 5.83. The molecular weight excluding hydrogens is 309 g/mol. The molecule has 0 saturated carbocycles. The summed E-state index contributed by atoms with van der Waals surface area (Å²) in [5.41, 5.74) is 0.164. The first-order valence-electron chi connectivity index (χ1n) is 6.31. The highest BCUT2D eigenvalue weighted by atomic mass is 32.1. The fourth-order valence-corrected chi connectivity index (χ4v) is 3.62. The van der Waals surface area contributed by atoms with Gasteiger partial charge in [-0.25, -0.2) is 0 Å². The molecule has 2 rings (SSSR count). The van der Waals surface area contributed by atoms with E-state index >= 15 is 0 Å². The van der Waals surface area contributed by atoms with Gasteiger partial charge in [-0.1, -0.05) is 0 Å². The summed E-state index contributed by atoms with van der Waals surface area (Å²) in [6.45, 7) is 4.05. The van der Waals surface area contributed by atoms with Crippen molar-refractivity contribution < 1.29 is 32.8 Å². The minimum Gasteiger partial charge on any atom is -0.545 e. The zero-order chi connectivity index (χ0) is 15.8. The highest BCUT2D eigenvalue weighted by Crippen LogP contribution is 2.35. The SMILES string of the molecule is CC[NH+]1CCc2c(sc(NC(=O)C(F)(F)F)c2C(=O)[O-])C1.